The lowest BCUT2D eigenvalue weighted by Gasteiger charge is -2.14. The van der Waals surface area contributed by atoms with Crippen molar-refractivity contribution in [3.05, 3.63) is 66.2 Å². The van der Waals surface area contributed by atoms with Crippen LogP contribution in [0.1, 0.15) is 18.5 Å². The average Bonchev–Trinajstić information content (AvgIpc) is 2.40. The van der Waals surface area contributed by atoms with Gasteiger partial charge in [-0.2, -0.15) is 0 Å². The van der Waals surface area contributed by atoms with Crippen LogP contribution in [0.5, 0.6) is 0 Å². The third-order valence-corrected chi connectivity index (χ3v) is 4.19. The highest BCUT2D eigenvalue weighted by atomic mass is 32.2. The van der Waals surface area contributed by atoms with Crippen molar-refractivity contribution in [2.24, 2.45) is 0 Å². The highest BCUT2D eigenvalue weighted by Crippen LogP contribution is 2.16. The van der Waals surface area contributed by atoms with E-state index in [1.54, 1.807) is 42.5 Å². The zero-order valence-corrected chi connectivity index (χ0v) is 10.8. The van der Waals surface area contributed by atoms with E-state index in [-0.39, 0.29) is 10.9 Å². The molecule has 0 aromatic heterocycles. The summed E-state index contributed by atoms with van der Waals surface area (Å²) in [6.45, 7) is 1.82. The Bertz CT molecular complexity index is 594. The Morgan fingerprint density at radius 2 is 1.67 bits per heavy atom. The van der Waals surface area contributed by atoms with E-state index in [1.807, 2.05) is 19.1 Å². The summed E-state index contributed by atoms with van der Waals surface area (Å²) in [4.78, 5) is 0.277. The van der Waals surface area contributed by atoms with Gasteiger partial charge in [0.2, 0.25) is 10.0 Å². The minimum Gasteiger partial charge on any atom is -0.207 e. The molecule has 2 rings (SSSR count). The van der Waals surface area contributed by atoms with Gasteiger partial charge in [-0.15, -0.1) is 0 Å². The van der Waals surface area contributed by atoms with Gasteiger partial charge in [-0.3, -0.25) is 0 Å². The second-order valence-corrected chi connectivity index (χ2v) is 5.70. The molecule has 4 heteroatoms. The van der Waals surface area contributed by atoms with E-state index in [1.165, 1.54) is 0 Å². The Hall–Kier alpha value is -1.65. The quantitative estimate of drug-likeness (QED) is 0.918. The Labute approximate surface area is 108 Å². The zero-order valence-electron chi connectivity index (χ0n) is 10.00. The van der Waals surface area contributed by atoms with Crippen molar-refractivity contribution in [3.63, 3.8) is 0 Å². The Morgan fingerprint density at radius 3 is 2.28 bits per heavy atom. The number of sulfonamides is 1. The van der Waals surface area contributed by atoms with Crippen LogP contribution in [0.3, 0.4) is 0 Å². The highest BCUT2D eigenvalue weighted by molar-refractivity contribution is 7.89. The largest absolute Gasteiger partial charge is 0.241 e. The Balaban J connectivity index is 2.20. The third-order valence-electron chi connectivity index (χ3n) is 2.63. The molecular formula is C14H14NO2S. The second kappa shape index (κ2) is 5.33. The Kier molecular flexibility index (Phi) is 3.79. The number of hydrogen-bond acceptors (Lipinski definition) is 2. The van der Waals surface area contributed by atoms with E-state index in [9.17, 15) is 8.42 Å². The van der Waals surface area contributed by atoms with Crippen LogP contribution in [0.2, 0.25) is 0 Å². The molecule has 1 N–H and O–H groups in total. The molecular weight excluding hydrogens is 246 g/mol. The minimum atomic E-state index is -3.47. The molecule has 0 aliphatic carbocycles. The predicted octanol–water partition coefficient (Wildman–Crippen LogP) is 2.53. The molecule has 2 aromatic rings. The number of nitrogens with one attached hydrogen (secondary N) is 1. The number of rotatable bonds is 4. The van der Waals surface area contributed by atoms with Crippen LogP contribution in [0.4, 0.5) is 0 Å². The molecule has 1 atom stereocenters. The lowest BCUT2D eigenvalue weighted by molar-refractivity contribution is 0.567. The van der Waals surface area contributed by atoms with Gasteiger partial charge in [-0.25, -0.2) is 13.1 Å². The van der Waals surface area contributed by atoms with Crippen molar-refractivity contribution in [2.45, 2.75) is 17.9 Å². The standard InChI is InChI=1S/C14H14NO2S/c1-12(13-8-4-2-5-9-13)15-18(16,17)14-10-6-3-7-11-14/h3-12,15H,1H3/t12-/m1/s1. The van der Waals surface area contributed by atoms with Gasteiger partial charge < -0.3 is 0 Å². The van der Waals surface area contributed by atoms with E-state index >= 15 is 0 Å². The molecule has 0 spiro atoms. The fourth-order valence-electron chi connectivity index (χ4n) is 1.66. The molecule has 0 unspecified atom stereocenters. The summed E-state index contributed by atoms with van der Waals surface area (Å²) >= 11 is 0. The van der Waals surface area contributed by atoms with Gasteiger partial charge in [-0.05, 0) is 30.7 Å². The summed E-state index contributed by atoms with van der Waals surface area (Å²) in [7, 11) is -3.47. The number of hydrogen-bond donors (Lipinski definition) is 1. The van der Waals surface area contributed by atoms with Crippen molar-refractivity contribution < 1.29 is 8.42 Å². The summed E-state index contributed by atoms with van der Waals surface area (Å²) in [5.74, 6) is 0. The first kappa shape index (κ1) is 12.8. The molecule has 93 valence electrons. The first-order chi connectivity index (χ1) is 8.59. The summed E-state index contributed by atoms with van der Waals surface area (Å²) in [5.41, 5.74) is 0.910. The molecule has 0 amide bonds. The average molecular weight is 260 g/mol. The topological polar surface area (TPSA) is 46.2 Å². The monoisotopic (exact) mass is 260 g/mol. The van der Waals surface area contributed by atoms with Crippen molar-refractivity contribution in [1.82, 2.24) is 4.72 Å². The van der Waals surface area contributed by atoms with Crippen LogP contribution in [0, 0.1) is 6.07 Å². The molecule has 18 heavy (non-hydrogen) atoms. The molecule has 0 saturated heterocycles. The van der Waals surface area contributed by atoms with Gasteiger partial charge >= 0.3 is 0 Å². The van der Waals surface area contributed by atoms with Gasteiger partial charge in [0.1, 0.15) is 0 Å². The fraction of sp³-hybridized carbons (Fsp3) is 0.143. The van der Waals surface area contributed by atoms with Crippen molar-refractivity contribution >= 4 is 10.0 Å². The molecule has 3 nitrogen and oxygen atoms in total. The van der Waals surface area contributed by atoms with E-state index in [4.69, 9.17) is 0 Å². The normalized spacial score (nSPS) is 13.2. The lowest BCUT2D eigenvalue weighted by Crippen LogP contribution is -2.26. The second-order valence-electron chi connectivity index (χ2n) is 3.99. The highest BCUT2D eigenvalue weighted by Gasteiger charge is 2.17. The summed E-state index contributed by atoms with van der Waals surface area (Å²) in [6, 6.07) is 18.2. The van der Waals surface area contributed by atoms with Crippen LogP contribution in [0.25, 0.3) is 0 Å². The molecule has 0 aliphatic heterocycles. The maximum absolute atomic E-state index is 12.1. The number of benzene rings is 2. The third kappa shape index (κ3) is 2.97. The van der Waals surface area contributed by atoms with Crippen molar-refractivity contribution in [2.75, 3.05) is 0 Å². The van der Waals surface area contributed by atoms with Gasteiger partial charge in [0.25, 0.3) is 0 Å². The van der Waals surface area contributed by atoms with Gasteiger partial charge in [-0.1, -0.05) is 42.5 Å². The van der Waals surface area contributed by atoms with Crippen LogP contribution in [0.15, 0.2) is 59.5 Å². The van der Waals surface area contributed by atoms with Crippen LogP contribution < -0.4 is 4.72 Å². The van der Waals surface area contributed by atoms with Crippen molar-refractivity contribution in [3.8, 4) is 0 Å². The molecule has 1 radical (unpaired) electrons. The molecule has 0 saturated carbocycles. The van der Waals surface area contributed by atoms with E-state index in [0.717, 1.165) is 5.56 Å². The van der Waals surface area contributed by atoms with E-state index in [0.29, 0.717) is 0 Å². The van der Waals surface area contributed by atoms with Crippen LogP contribution in [-0.4, -0.2) is 8.42 Å². The zero-order chi connectivity index (χ0) is 13.0. The van der Waals surface area contributed by atoms with Crippen LogP contribution >= 0.6 is 0 Å². The molecule has 0 bridgehead atoms. The smallest absolute Gasteiger partial charge is 0.207 e. The van der Waals surface area contributed by atoms with Gasteiger partial charge in [0.05, 0.1) is 4.90 Å². The molecule has 0 aliphatic rings. The predicted molar refractivity (Wildman–Crippen MR) is 70.5 cm³/mol. The fourth-order valence-corrected chi connectivity index (χ4v) is 2.91. The first-order valence-electron chi connectivity index (χ1n) is 5.63. The lowest BCUT2D eigenvalue weighted by atomic mass is 10.1. The summed E-state index contributed by atoms with van der Waals surface area (Å²) in [5, 5.41) is 0. The minimum absolute atomic E-state index is 0.273. The van der Waals surface area contributed by atoms with E-state index < -0.39 is 10.0 Å². The summed E-state index contributed by atoms with van der Waals surface area (Å²) in [6.07, 6.45) is 0. The Morgan fingerprint density at radius 1 is 1.06 bits per heavy atom. The first-order valence-corrected chi connectivity index (χ1v) is 7.11. The van der Waals surface area contributed by atoms with Crippen LogP contribution in [-0.2, 0) is 10.0 Å². The van der Waals surface area contributed by atoms with Gasteiger partial charge in [0.15, 0.2) is 0 Å². The van der Waals surface area contributed by atoms with E-state index in [2.05, 4.69) is 10.8 Å². The molecule has 0 heterocycles. The maximum Gasteiger partial charge on any atom is 0.241 e. The molecule has 2 aromatic carbocycles. The maximum atomic E-state index is 12.1. The molecule has 0 fully saturated rings. The SMILES string of the molecule is C[C@@H](NS(=O)(=O)c1ccccc1)c1cc[c]cc1. The van der Waals surface area contributed by atoms with Gasteiger partial charge in [0, 0.05) is 6.04 Å². The van der Waals surface area contributed by atoms with Crippen molar-refractivity contribution in [1.29, 1.82) is 0 Å². The summed E-state index contributed by atoms with van der Waals surface area (Å²) < 4.78 is 26.8.